The average molecular weight is 435 g/mol. The SMILES string of the molecule is CCN(CC)S(=O)(=O)c1ccc2nc(/C(Cl)=C/c3cccc([N+](=O)[O-])c3)[nH]c2c1. The van der Waals surface area contributed by atoms with Gasteiger partial charge in [-0.3, -0.25) is 10.1 Å². The second kappa shape index (κ2) is 8.32. The van der Waals surface area contributed by atoms with Crippen LogP contribution in [0.3, 0.4) is 0 Å². The molecular formula is C19H19ClN4O4S. The van der Waals surface area contributed by atoms with Crippen molar-refractivity contribution in [3.8, 4) is 0 Å². The van der Waals surface area contributed by atoms with E-state index in [4.69, 9.17) is 11.6 Å². The minimum Gasteiger partial charge on any atom is -0.337 e. The Hall–Kier alpha value is -2.75. The Morgan fingerprint density at radius 1 is 1.24 bits per heavy atom. The fraction of sp³-hybridized carbons (Fsp3) is 0.211. The number of nitro benzene ring substituents is 1. The largest absolute Gasteiger partial charge is 0.337 e. The third-order valence-electron chi connectivity index (χ3n) is 4.40. The summed E-state index contributed by atoms with van der Waals surface area (Å²) in [7, 11) is -3.59. The average Bonchev–Trinajstić information content (AvgIpc) is 3.12. The van der Waals surface area contributed by atoms with Crippen LogP contribution in [-0.4, -0.2) is 40.7 Å². The normalized spacial score (nSPS) is 12.6. The molecule has 10 heteroatoms. The highest BCUT2D eigenvalue weighted by molar-refractivity contribution is 7.89. The molecule has 1 heterocycles. The molecule has 0 aliphatic heterocycles. The number of aromatic nitrogens is 2. The number of hydrogen-bond donors (Lipinski definition) is 1. The molecule has 3 aromatic rings. The minimum atomic E-state index is -3.59. The van der Waals surface area contributed by atoms with Crippen LogP contribution in [0.2, 0.25) is 0 Å². The zero-order valence-corrected chi connectivity index (χ0v) is 17.4. The first-order valence-electron chi connectivity index (χ1n) is 8.88. The van der Waals surface area contributed by atoms with Crippen LogP contribution in [0.5, 0.6) is 0 Å². The number of rotatable bonds is 7. The molecule has 152 valence electrons. The van der Waals surface area contributed by atoms with E-state index in [1.54, 1.807) is 38.1 Å². The number of nitrogens with one attached hydrogen (secondary N) is 1. The molecule has 0 bridgehead atoms. The molecule has 2 aromatic carbocycles. The maximum absolute atomic E-state index is 12.7. The van der Waals surface area contributed by atoms with Crippen molar-refractivity contribution in [2.45, 2.75) is 18.7 Å². The van der Waals surface area contributed by atoms with Gasteiger partial charge in [-0.25, -0.2) is 13.4 Å². The lowest BCUT2D eigenvalue weighted by molar-refractivity contribution is -0.384. The molecule has 8 nitrogen and oxygen atoms in total. The number of sulfonamides is 1. The highest BCUT2D eigenvalue weighted by Gasteiger charge is 2.22. The summed E-state index contributed by atoms with van der Waals surface area (Å²) in [6.07, 6.45) is 1.56. The molecule has 0 atom stereocenters. The summed E-state index contributed by atoms with van der Waals surface area (Å²) in [6.45, 7) is 4.32. The molecule has 0 saturated carbocycles. The monoisotopic (exact) mass is 434 g/mol. The number of H-pyrrole nitrogens is 1. The first kappa shape index (κ1) is 21.0. The van der Waals surface area contributed by atoms with E-state index in [1.807, 2.05) is 0 Å². The number of imidazole rings is 1. The van der Waals surface area contributed by atoms with Gasteiger partial charge in [-0.2, -0.15) is 4.31 Å². The van der Waals surface area contributed by atoms with Gasteiger partial charge < -0.3 is 4.98 Å². The summed E-state index contributed by atoms with van der Waals surface area (Å²) in [5, 5.41) is 11.2. The first-order chi connectivity index (χ1) is 13.8. The third-order valence-corrected chi connectivity index (χ3v) is 6.73. The molecule has 0 unspecified atom stereocenters. The molecule has 3 rings (SSSR count). The number of halogens is 1. The van der Waals surface area contributed by atoms with Gasteiger partial charge in [0.2, 0.25) is 10.0 Å². The van der Waals surface area contributed by atoms with Crippen molar-refractivity contribution in [1.82, 2.24) is 14.3 Å². The van der Waals surface area contributed by atoms with Gasteiger partial charge in [0.15, 0.2) is 0 Å². The van der Waals surface area contributed by atoms with Gasteiger partial charge >= 0.3 is 0 Å². The van der Waals surface area contributed by atoms with Crippen LogP contribution in [0, 0.1) is 10.1 Å². The van der Waals surface area contributed by atoms with Crippen LogP contribution >= 0.6 is 11.6 Å². The molecule has 0 spiro atoms. The lowest BCUT2D eigenvalue weighted by Crippen LogP contribution is -2.30. The lowest BCUT2D eigenvalue weighted by Gasteiger charge is -2.18. The van der Waals surface area contributed by atoms with Crippen molar-refractivity contribution in [2.75, 3.05) is 13.1 Å². The van der Waals surface area contributed by atoms with Crippen LogP contribution in [0.25, 0.3) is 22.1 Å². The van der Waals surface area contributed by atoms with E-state index < -0.39 is 14.9 Å². The number of fused-ring (bicyclic) bond motifs is 1. The molecule has 0 aliphatic rings. The standard InChI is InChI=1S/C19H19ClN4O4S/c1-3-23(4-2)29(27,28)15-8-9-17-18(12-15)22-19(21-17)16(20)11-13-6-5-7-14(10-13)24(25)26/h5-12H,3-4H2,1-2H3,(H,21,22)/b16-11-. The van der Waals surface area contributed by atoms with Crippen molar-refractivity contribution in [2.24, 2.45) is 0 Å². The second-order valence-electron chi connectivity index (χ2n) is 6.20. The van der Waals surface area contributed by atoms with E-state index in [2.05, 4.69) is 9.97 Å². The summed E-state index contributed by atoms with van der Waals surface area (Å²) in [5.41, 5.74) is 1.59. The van der Waals surface area contributed by atoms with E-state index >= 15 is 0 Å². The van der Waals surface area contributed by atoms with Gasteiger partial charge in [0.25, 0.3) is 5.69 Å². The van der Waals surface area contributed by atoms with E-state index in [-0.39, 0.29) is 15.6 Å². The Bertz CT molecular complexity index is 1200. The zero-order chi connectivity index (χ0) is 21.2. The summed E-state index contributed by atoms with van der Waals surface area (Å²) in [4.78, 5) is 18.0. The number of hydrogen-bond acceptors (Lipinski definition) is 5. The molecule has 0 saturated heterocycles. The van der Waals surface area contributed by atoms with Crippen LogP contribution in [0.1, 0.15) is 25.2 Å². The van der Waals surface area contributed by atoms with Crippen LogP contribution in [0.15, 0.2) is 47.4 Å². The number of aromatic amines is 1. The summed E-state index contributed by atoms with van der Waals surface area (Å²) in [6, 6.07) is 10.7. The smallest absolute Gasteiger partial charge is 0.270 e. The molecule has 0 fully saturated rings. The topological polar surface area (TPSA) is 109 Å². The maximum Gasteiger partial charge on any atom is 0.270 e. The van der Waals surface area contributed by atoms with Crippen LogP contribution < -0.4 is 0 Å². The first-order valence-corrected chi connectivity index (χ1v) is 10.7. The molecule has 0 radical (unpaired) electrons. The fourth-order valence-corrected chi connectivity index (χ4v) is 4.62. The van der Waals surface area contributed by atoms with Crippen molar-refractivity contribution in [1.29, 1.82) is 0 Å². The Morgan fingerprint density at radius 2 is 1.97 bits per heavy atom. The van der Waals surface area contributed by atoms with E-state index in [9.17, 15) is 18.5 Å². The van der Waals surface area contributed by atoms with Gasteiger partial charge in [0, 0.05) is 25.2 Å². The van der Waals surface area contributed by atoms with Crippen molar-refractivity contribution >= 4 is 49.5 Å². The van der Waals surface area contributed by atoms with E-state index in [1.165, 1.54) is 28.6 Å². The second-order valence-corrected chi connectivity index (χ2v) is 8.54. The molecule has 0 amide bonds. The predicted molar refractivity (Wildman–Crippen MR) is 113 cm³/mol. The Morgan fingerprint density at radius 3 is 2.62 bits per heavy atom. The van der Waals surface area contributed by atoms with E-state index in [0.29, 0.717) is 35.5 Å². The quantitative estimate of drug-likeness (QED) is 0.441. The minimum absolute atomic E-state index is 0.0425. The number of nitrogens with zero attached hydrogens (tertiary/aromatic N) is 3. The Kier molecular flexibility index (Phi) is 6.02. The van der Waals surface area contributed by atoms with Gasteiger partial charge in [0.1, 0.15) is 5.82 Å². The molecule has 0 aliphatic carbocycles. The highest BCUT2D eigenvalue weighted by Crippen LogP contribution is 2.26. The number of nitro groups is 1. The van der Waals surface area contributed by atoms with Gasteiger partial charge in [-0.15, -0.1) is 0 Å². The molecule has 1 N–H and O–H groups in total. The van der Waals surface area contributed by atoms with Crippen molar-refractivity contribution < 1.29 is 13.3 Å². The Balaban J connectivity index is 1.98. The maximum atomic E-state index is 12.7. The van der Waals surface area contributed by atoms with Crippen molar-refractivity contribution in [3.05, 3.63) is 64.0 Å². The predicted octanol–water partition coefficient (Wildman–Crippen LogP) is 4.24. The number of non-ortho nitro benzene ring substituents is 1. The van der Waals surface area contributed by atoms with Gasteiger partial charge in [-0.1, -0.05) is 37.6 Å². The van der Waals surface area contributed by atoms with Gasteiger partial charge in [-0.05, 0) is 29.8 Å². The zero-order valence-electron chi connectivity index (χ0n) is 15.8. The summed E-state index contributed by atoms with van der Waals surface area (Å²) < 4.78 is 26.8. The molecule has 1 aromatic heterocycles. The van der Waals surface area contributed by atoms with Crippen LogP contribution in [0.4, 0.5) is 5.69 Å². The Labute approximate surface area is 173 Å². The third kappa shape index (κ3) is 4.31. The highest BCUT2D eigenvalue weighted by atomic mass is 35.5. The molecule has 29 heavy (non-hydrogen) atoms. The van der Waals surface area contributed by atoms with Crippen LogP contribution in [-0.2, 0) is 10.0 Å². The van der Waals surface area contributed by atoms with E-state index in [0.717, 1.165) is 0 Å². The summed E-state index contributed by atoms with van der Waals surface area (Å²) in [5.74, 6) is 0.338. The molecular weight excluding hydrogens is 416 g/mol. The lowest BCUT2D eigenvalue weighted by atomic mass is 10.2. The van der Waals surface area contributed by atoms with Crippen molar-refractivity contribution in [3.63, 3.8) is 0 Å². The van der Waals surface area contributed by atoms with Gasteiger partial charge in [0.05, 0.1) is 25.9 Å². The summed E-state index contributed by atoms with van der Waals surface area (Å²) >= 11 is 6.34. The number of benzene rings is 2. The fourth-order valence-electron chi connectivity index (χ4n) is 2.92.